The van der Waals surface area contributed by atoms with Gasteiger partial charge in [0.05, 0.1) is 0 Å². The molecule has 112 valence electrons. The van der Waals surface area contributed by atoms with Crippen LogP contribution in [-0.2, 0) is 0 Å². The highest BCUT2D eigenvalue weighted by atomic mass is 79.9. The first-order valence-corrected chi connectivity index (χ1v) is 8.25. The molecule has 20 heavy (non-hydrogen) atoms. The van der Waals surface area contributed by atoms with Gasteiger partial charge in [0.15, 0.2) is 0 Å². The van der Waals surface area contributed by atoms with E-state index < -0.39 is 0 Å². The van der Waals surface area contributed by atoms with Crippen molar-refractivity contribution in [3.8, 4) is 0 Å². The lowest BCUT2D eigenvalue weighted by Crippen LogP contribution is -2.45. The number of likely N-dealkylation sites (N-methyl/N-ethyl adjacent to an activating group) is 1. The van der Waals surface area contributed by atoms with E-state index in [-0.39, 0.29) is 6.04 Å². The molecule has 3 nitrogen and oxygen atoms in total. The lowest BCUT2D eigenvalue weighted by atomic mass is 9.99. The zero-order chi connectivity index (χ0) is 14.7. The van der Waals surface area contributed by atoms with E-state index in [4.69, 9.17) is 17.3 Å². The van der Waals surface area contributed by atoms with Gasteiger partial charge in [0.25, 0.3) is 0 Å². The Hall–Kier alpha value is -0.130. The van der Waals surface area contributed by atoms with E-state index in [2.05, 4.69) is 45.9 Å². The third kappa shape index (κ3) is 3.74. The minimum Gasteiger partial charge on any atom is -0.329 e. The molecule has 5 heteroatoms. The van der Waals surface area contributed by atoms with Crippen LogP contribution in [0.2, 0.25) is 5.02 Å². The fraction of sp³-hybridized carbons (Fsp3) is 0.600. The summed E-state index contributed by atoms with van der Waals surface area (Å²) in [6, 6.07) is 6.79. The van der Waals surface area contributed by atoms with Gasteiger partial charge >= 0.3 is 0 Å². The molecule has 1 saturated heterocycles. The fourth-order valence-electron chi connectivity index (χ4n) is 2.94. The first-order chi connectivity index (χ1) is 9.52. The third-order valence-corrected chi connectivity index (χ3v) is 5.22. The van der Waals surface area contributed by atoms with E-state index in [0.29, 0.717) is 12.6 Å². The average Bonchev–Trinajstić information content (AvgIpc) is 2.42. The van der Waals surface area contributed by atoms with E-state index in [9.17, 15) is 0 Å². The number of hydrogen-bond donors (Lipinski definition) is 1. The molecule has 0 aromatic heterocycles. The van der Waals surface area contributed by atoms with Crippen molar-refractivity contribution in [3.05, 3.63) is 33.3 Å². The molecule has 1 unspecified atom stereocenters. The molecule has 1 aliphatic heterocycles. The molecular weight excluding hydrogens is 338 g/mol. The van der Waals surface area contributed by atoms with Crippen molar-refractivity contribution < 1.29 is 0 Å². The average molecular weight is 361 g/mol. The highest BCUT2D eigenvalue weighted by molar-refractivity contribution is 9.10. The maximum absolute atomic E-state index is 6.04. The van der Waals surface area contributed by atoms with Gasteiger partial charge in [-0.25, -0.2) is 0 Å². The predicted octanol–water partition coefficient (Wildman–Crippen LogP) is 3.13. The molecule has 2 N–H and O–H groups in total. The van der Waals surface area contributed by atoms with Crippen LogP contribution in [0.1, 0.15) is 24.4 Å². The predicted molar refractivity (Wildman–Crippen MR) is 89.2 cm³/mol. The molecule has 0 amide bonds. The molecule has 1 heterocycles. The molecule has 1 aromatic rings. The molecule has 1 aliphatic rings. The van der Waals surface area contributed by atoms with E-state index in [1.165, 1.54) is 18.4 Å². The lowest BCUT2D eigenvalue weighted by Gasteiger charge is -2.39. The summed E-state index contributed by atoms with van der Waals surface area (Å²) in [5.41, 5.74) is 7.26. The summed E-state index contributed by atoms with van der Waals surface area (Å²) in [6.45, 7) is 2.94. The van der Waals surface area contributed by atoms with Crippen LogP contribution in [0.15, 0.2) is 22.7 Å². The molecule has 0 saturated carbocycles. The van der Waals surface area contributed by atoms with Gasteiger partial charge in [0.2, 0.25) is 0 Å². The second-order valence-electron chi connectivity index (χ2n) is 5.62. The van der Waals surface area contributed by atoms with E-state index in [0.717, 1.165) is 22.6 Å². The molecule has 1 fully saturated rings. The largest absolute Gasteiger partial charge is 0.329 e. The van der Waals surface area contributed by atoms with Crippen LogP contribution in [-0.4, -0.2) is 49.6 Å². The maximum atomic E-state index is 6.04. The number of nitrogens with two attached hydrogens (primary N) is 1. The monoisotopic (exact) mass is 359 g/mol. The van der Waals surface area contributed by atoms with Crippen LogP contribution in [0.4, 0.5) is 0 Å². The van der Waals surface area contributed by atoms with Gasteiger partial charge in [-0.15, -0.1) is 0 Å². The normalized spacial score (nSPS) is 19.5. The molecule has 1 aromatic carbocycles. The number of rotatable bonds is 4. The van der Waals surface area contributed by atoms with Crippen molar-refractivity contribution in [2.75, 3.05) is 33.7 Å². The number of nitrogens with zero attached hydrogens (tertiary/aromatic N) is 2. The summed E-state index contributed by atoms with van der Waals surface area (Å²) in [5, 5.41) is 0.748. The Morgan fingerprint density at radius 3 is 2.65 bits per heavy atom. The molecule has 1 atom stereocenters. The number of likely N-dealkylation sites (tertiary alicyclic amines) is 1. The molecule has 0 spiro atoms. The van der Waals surface area contributed by atoms with Gasteiger partial charge < -0.3 is 10.6 Å². The van der Waals surface area contributed by atoms with E-state index in [1.54, 1.807) is 0 Å². The van der Waals surface area contributed by atoms with Crippen molar-refractivity contribution >= 4 is 27.5 Å². The van der Waals surface area contributed by atoms with Crippen molar-refractivity contribution in [2.45, 2.75) is 24.9 Å². The highest BCUT2D eigenvalue weighted by Gasteiger charge is 2.27. The number of hydrogen-bond acceptors (Lipinski definition) is 3. The Bertz CT molecular complexity index is 447. The van der Waals surface area contributed by atoms with Crippen LogP contribution >= 0.6 is 27.5 Å². The van der Waals surface area contributed by atoms with Crippen molar-refractivity contribution in [1.82, 2.24) is 9.80 Å². The van der Waals surface area contributed by atoms with Crippen LogP contribution in [0, 0.1) is 0 Å². The summed E-state index contributed by atoms with van der Waals surface area (Å²) in [7, 11) is 4.38. The summed E-state index contributed by atoms with van der Waals surface area (Å²) >= 11 is 9.64. The Kier molecular flexibility index (Phi) is 5.87. The topological polar surface area (TPSA) is 32.5 Å². The third-order valence-electron chi connectivity index (χ3n) is 4.30. The Morgan fingerprint density at radius 2 is 2.10 bits per heavy atom. The van der Waals surface area contributed by atoms with Crippen LogP contribution in [0.25, 0.3) is 0 Å². The van der Waals surface area contributed by atoms with Crippen molar-refractivity contribution in [2.24, 2.45) is 5.73 Å². The number of piperidine rings is 1. The molecule has 2 rings (SSSR count). The van der Waals surface area contributed by atoms with Crippen molar-refractivity contribution in [1.29, 1.82) is 0 Å². The van der Waals surface area contributed by atoms with Crippen molar-refractivity contribution in [3.63, 3.8) is 0 Å². The highest BCUT2D eigenvalue weighted by Crippen LogP contribution is 2.31. The van der Waals surface area contributed by atoms with E-state index >= 15 is 0 Å². The molecular formula is C15H23BrClN3. The van der Waals surface area contributed by atoms with Crippen LogP contribution in [0.3, 0.4) is 0 Å². The number of halogens is 2. The van der Waals surface area contributed by atoms with Crippen LogP contribution < -0.4 is 5.73 Å². The summed E-state index contributed by atoms with van der Waals surface area (Å²) in [4.78, 5) is 4.82. The smallest absolute Gasteiger partial charge is 0.0481 e. The van der Waals surface area contributed by atoms with Gasteiger partial charge in [-0.05, 0) is 57.7 Å². The minimum atomic E-state index is 0.232. The van der Waals surface area contributed by atoms with E-state index in [1.807, 2.05) is 12.1 Å². The summed E-state index contributed by atoms with van der Waals surface area (Å²) < 4.78 is 1.04. The second kappa shape index (κ2) is 7.23. The van der Waals surface area contributed by atoms with Crippen LogP contribution in [0.5, 0.6) is 0 Å². The first kappa shape index (κ1) is 16.2. The lowest BCUT2D eigenvalue weighted by molar-refractivity contribution is 0.109. The standard InChI is InChI=1S/C15H23BrClN3/c1-19-7-5-12(6-8-19)20(2)15(10-18)13-4-3-11(17)9-14(13)16/h3-4,9,12,15H,5-8,10,18H2,1-2H3. The first-order valence-electron chi connectivity index (χ1n) is 7.08. The molecule has 0 aliphatic carbocycles. The zero-order valence-electron chi connectivity index (χ0n) is 12.1. The Morgan fingerprint density at radius 1 is 1.45 bits per heavy atom. The Balaban J connectivity index is 2.14. The summed E-state index contributed by atoms with van der Waals surface area (Å²) in [5.74, 6) is 0. The quantitative estimate of drug-likeness (QED) is 0.895. The van der Waals surface area contributed by atoms with Gasteiger partial charge in [-0.1, -0.05) is 33.6 Å². The second-order valence-corrected chi connectivity index (χ2v) is 6.91. The van der Waals surface area contributed by atoms with Gasteiger partial charge in [-0.3, -0.25) is 4.90 Å². The van der Waals surface area contributed by atoms with Gasteiger partial charge in [0.1, 0.15) is 0 Å². The fourth-order valence-corrected chi connectivity index (χ4v) is 3.89. The SMILES string of the molecule is CN1CCC(N(C)C(CN)c2ccc(Cl)cc2Br)CC1. The number of benzene rings is 1. The van der Waals surface area contributed by atoms with Gasteiger partial charge in [0, 0.05) is 28.1 Å². The summed E-state index contributed by atoms with van der Waals surface area (Å²) in [6.07, 6.45) is 2.41. The van der Waals surface area contributed by atoms with Gasteiger partial charge in [-0.2, -0.15) is 0 Å². The Labute approximate surface area is 135 Å². The molecule has 0 bridgehead atoms. The zero-order valence-corrected chi connectivity index (χ0v) is 14.5. The molecule has 0 radical (unpaired) electrons. The maximum Gasteiger partial charge on any atom is 0.0481 e. The minimum absolute atomic E-state index is 0.232.